The Morgan fingerprint density at radius 1 is 1.32 bits per heavy atom. The van der Waals surface area contributed by atoms with Gasteiger partial charge < -0.3 is 5.32 Å². The number of aromatic nitrogens is 4. The molecule has 0 radical (unpaired) electrons. The topological polar surface area (TPSA) is 106 Å². The van der Waals surface area contributed by atoms with Crippen LogP contribution in [0.4, 0.5) is 5.69 Å². The van der Waals surface area contributed by atoms with Crippen molar-refractivity contribution in [1.29, 1.82) is 5.26 Å². The van der Waals surface area contributed by atoms with Crippen LogP contribution in [0.25, 0.3) is 5.82 Å². The van der Waals surface area contributed by atoms with Crippen LogP contribution in [0.5, 0.6) is 0 Å². The molecular weight excluding hydrogens is 344 g/mol. The number of halogens is 1. The van der Waals surface area contributed by atoms with Crippen molar-refractivity contribution in [2.45, 2.75) is 6.54 Å². The van der Waals surface area contributed by atoms with Crippen molar-refractivity contribution in [3.8, 4) is 11.9 Å². The average molecular weight is 355 g/mol. The molecule has 0 aliphatic carbocycles. The maximum absolute atomic E-state index is 12.2. The van der Waals surface area contributed by atoms with E-state index in [2.05, 4.69) is 15.5 Å². The minimum absolute atomic E-state index is 0.267. The third kappa shape index (κ3) is 3.73. The highest BCUT2D eigenvalue weighted by atomic mass is 35.5. The van der Waals surface area contributed by atoms with Gasteiger partial charge in [-0.25, -0.2) is 9.36 Å². The van der Waals surface area contributed by atoms with Crippen molar-refractivity contribution in [3.63, 3.8) is 0 Å². The Labute approximate surface area is 146 Å². The smallest absolute Gasteiger partial charge is 0.267 e. The summed E-state index contributed by atoms with van der Waals surface area (Å²) >= 11 is 5.88. The Balaban J connectivity index is 1.82. The lowest BCUT2D eigenvalue weighted by atomic mass is 10.2. The van der Waals surface area contributed by atoms with Gasteiger partial charge in [-0.3, -0.25) is 9.59 Å². The van der Waals surface area contributed by atoms with Crippen LogP contribution < -0.4 is 10.9 Å². The molecule has 2 heterocycles. The van der Waals surface area contributed by atoms with E-state index >= 15 is 0 Å². The Bertz CT molecular complexity index is 1020. The second-order valence-corrected chi connectivity index (χ2v) is 5.42. The van der Waals surface area contributed by atoms with E-state index in [1.54, 1.807) is 24.5 Å². The first-order valence-corrected chi connectivity index (χ1v) is 7.52. The molecule has 0 atom stereocenters. The van der Waals surface area contributed by atoms with Crippen molar-refractivity contribution in [1.82, 2.24) is 19.6 Å². The number of anilines is 1. The Morgan fingerprint density at radius 2 is 2.16 bits per heavy atom. The molecule has 124 valence electrons. The summed E-state index contributed by atoms with van der Waals surface area (Å²) in [7, 11) is 0. The van der Waals surface area contributed by atoms with Gasteiger partial charge in [-0.05, 0) is 30.3 Å². The fourth-order valence-electron chi connectivity index (χ4n) is 2.12. The van der Waals surface area contributed by atoms with Gasteiger partial charge in [0, 0.05) is 23.5 Å². The van der Waals surface area contributed by atoms with Gasteiger partial charge in [0.15, 0.2) is 5.82 Å². The molecule has 1 N–H and O–H groups in total. The Kier molecular flexibility index (Phi) is 4.59. The zero-order valence-corrected chi connectivity index (χ0v) is 13.5. The molecule has 2 aromatic heterocycles. The fourth-order valence-corrected chi connectivity index (χ4v) is 2.29. The van der Waals surface area contributed by atoms with E-state index in [0.717, 1.165) is 4.68 Å². The lowest BCUT2D eigenvalue weighted by Gasteiger charge is -2.09. The summed E-state index contributed by atoms with van der Waals surface area (Å²) in [5, 5.41) is 20.2. The number of carbonyl (C=O) groups is 1. The van der Waals surface area contributed by atoms with Crippen LogP contribution in [0.3, 0.4) is 0 Å². The lowest BCUT2D eigenvalue weighted by Crippen LogP contribution is -2.30. The van der Waals surface area contributed by atoms with Crippen LogP contribution in [0.15, 0.2) is 53.6 Å². The van der Waals surface area contributed by atoms with Gasteiger partial charge in [0.2, 0.25) is 5.91 Å². The standard InChI is InChI=1S/C16H11ClN6O2/c17-12-3-2-11(9-18)13(8-12)20-15(24)10-23-16(25)5-4-14(21-23)22-7-1-6-19-22/h1-8H,10H2,(H,20,24). The molecule has 1 amide bonds. The summed E-state index contributed by atoms with van der Waals surface area (Å²) in [6.07, 6.45) is 3.24. The third-order valence-electron chi connectivity index (χ3n) is 3.26. The molecule has 25 heavy (non-hydrogen) atoms. The lowest BCUT2D eigenvalue weighted by molar-refractivity contribution is -0.117. The molecule has 0 bridgehead atoms. The number of amides is 1. The molecule has 0 saturated heterocycles. The second-order valence-electron chi connectivity index (χ2n) is 4.99. The van der Waals surface area contributed by atoms with E-state index in [9.17, 15) is 9.59 Å². The maximum Gasteiger partial charge on any atom is 0.267 e. The van der Waals surface area contributed by atoms with E-state index in [0.29, 0.717) is 10.8 Å². The number of benzene rings is 1. The van der Waals surface area contributed by atoms with E-state index in [-0.39, 0.29) is 17.8 Å². The van der Waals surface area contributed by atoms with Gasteiger partial charge in [-0.15, -0.1) is 5.10 Å². The number of rotatable bonds is 4. The molecule has 3 aromatic rings. The number of hydrogen-bond acceptors (Lipinski definition) is 5. The van der Waals surface area contributed by atoms with E-state index in [1.165, 1.54) is 28.9 Å². The summed E-state index contributed by atoms with van der Waals surface area (Å²) in [6.45, 7) is -0.314. The SMILES string of the molecule is N#Cc1ccc(Cl)cc1NC(=O)Cn1nc(-n2cccn2)ccc1=O. The van der Waals surface area contributed by atoms with Crippen LogP contribution >= 0.6 is 11.6 Å². The number of nitrogens with zero attached hydrogens (tertiary/aromatic N) is 5. The normalized spacial score (nSPS) is 10.2. The molecule has 0 spiro atoms. The first kappa shape index (κ1) is 16.4. The number of hydrogen-bond donors (Lipinski definition) is 1. The molecule has 1 aromatic carbocycles. The van der Waals surface area contributed by atoms with Gasteiger partial charge in [-0.2, -0.15) is 10.4 Å². The molecule has 0 saturated carbocycles. The van der Waals surface area contributed by atoms with E-state index in [4.69, 9.17) is 16.9 Å². The van der Waals surface area contributed by atoms with Gasteiger partial charge in [-0.1, -0.05) is 11.6 Å². The largest absolute Gasteiger partial charge is 0.323 e. The van der Waals surface area contributed by atoms with E-state index < -0.39 is 11.5 Å². The van der Waals surface area contributed by atoms with Gasteiger partial charge in [0.05, 0.1) is 11.3 Å². The van der Waals surface area contributed by atoms with Crippen molar-refractivity contribution < 1.29 is 4.79 Å². The minimum Gasteiger partial charge on any atom is -0.323 e. The monoisotopic (exact) mass is 354 g/mol. The van der Waals surface area contributed by atoms with Gasteiger partial charge >= 0.3 is 0 Å². The highest BCUT2D eigenvalue weighted by Crippen LogP contribution is 2.20. The second kappa shape index (κ2) is 6.98. The molecular formula is C16H11ClN6O2. The molecule has 0 unspecified atom stereocenters. The van der Waals surface area contributed by atoms with Gasteiger partial charge in [0.25, 0.3) is 5.56 Å². The van der Waals surface area contributed by atoms with Gasteiger partial charge in [0.1, 0.15) is 12.6 Å². The number of nitriles is 1. The molecule has 0 fully saturated rings. The summed E-state index contributed by atoms with van der Waals surface area (Å²) in [6, 6.07) is 11.0. The van der Waals surface area contributed by atoms with Crippen LogP contribution in [-0.4, -0.2) is 25.5 Å². The average Bonchev–Trinajstić information content (AvgIpc) is 3.11. The van der Waals surface area contributed by atoms with Crippen LogP contribution in [0.2, 0.25) is 5.02 Å². The van der Waals surface area contributed by atoms with Crippen LogP contribution in [0, 0.1) is 11.3 Å². The predicted octanol–water partition coefficient (Wildman–Crippen LogP) is 1.59. The molecule has 9 heteroatoms. The molecule has 0 aliphatic rings. The highest BCUT2D eigenvalue weighted by molar-refractivity contribution is 6.31. The summed E-state index contributed by atoms with van der Waals surface area (Å²) < 4.78 is 2.49. The molecule has 3 rings (SSSR count). The first-order valence-electron chi connectivity index (χ1n) is 7.14. The predicted molar refractivity (Wildman–Crippen MR) is 90.4 cm³/mol. The first-order chi connectivity index (χ1) is 12.1. The highest BCUT2D eigenvalue weighted by Gasteiger charge is 2.11. The summed E-state index contributed by atoms with van der Waals surface area (Å²) in [5.74, 6) is -0.108. The van der Waals surface area contributed by atoms with Crippen LogP contribution in [0.1, 0.15) is 5.56 Å². The zero-order valence-electron chi connectivity index (χ0n) is 12.8. The van der Waals surface area contributed by atoms with Crippen molar-refractivity contribution >= 4 is 23.2 Å². The summed E-state index contributed by atoms with van der Waals surface area (Å²) in [4.78, 5) is 24.1. The third-order valence-corrected chi connectivity index (χ3v) is 3.50. The number of nitrogens with one attached hydrogen (secondary N) is 1. The Morgan fingerprint density at radius 3 is 2.88 bits per heavy atom. The van der Waals surface area contributed by atoms with E-state index in [1.807, 2.05) is 6.07 Å². The molecule has 8 nitrogen and oxygen atoms in total. The van der Waals surface area contributed by atoms with Crippen molar-refractivity contribution in [2.75, 3.05) is 5.32 Å². The summed E-state index contributed by atoms with van der Waals surface area (Å²) in [5.41, 5.74) is 0.109. The number of carbonyl (C=O) groups excluding carboxylic acids is 1. The maximum atomic E-state index is 12.2. The fraction of sp³-hybridized carbons (Fsp3) is 0.0625. The van der Waals surface area contributed by atoms with Crippen LogP contribution in [-0.2, 0) is 11.3 Å². The van der Waals surface area contributed by atoms with Crippen molar-refractivity contribution in [2.24, 2.45) is 0 Å². The molecule has 0 aliphatic heterocycles. The zero-order chi connectivity index (χ0) is 17.8. The Hall–Kier alpha value is -3.44. The minimum atomic E-state index is -0.508. The van der Waals surface area contributed by atoms with Crippen molar-refractivity contribution in [3.05, 3.63) is 69.7 Å². The quantitative estimate of drug-likeness (QED) is 0.765.